The van der Waals surface area contributed by atoms with Crippen molar-refractivity contribution in [1.82, 2.24) is 9.97 Å². The van der Waals surface area contributed by atoms with Gasteiger partial charge < -0.3 is 10.3 Å². The second-order valence-corrected chi connectivity index (χ2v) is 4.30. The zero-order chi connectivity index (χ0) is 13.7. The van der Waals surface area contributed by atoms with E-state index in [1.165, 1.54) is 5.56 Å². The lowest BCUT2D eigenvalue weighted by molar-refractivity contribution is 0.804. The molecule has 0 atom stereocenters. The van der Waals surface area contributed by atoms with E-state index in [9.17, 15) is 0 Å². The van der Waals surface area contributed by atoms with Crippen molar-refractivity contribution in [3.63, 3.8) is 0 Å². The zero-order valence-electron chi connectivity index (χ0n) is 11.3. The topological polar surface area (TPSA) is 67.1 Å². The number of hydrogen-bond acceptors (Lipinski definition) is 5. The summed E-state index contributed by atoms with van der Waals surface area (Å²) < 4.78 is 0. The van der Waals surface area contributed by atoms with E-state index in [0.29, 0.717) is 11.6 Å². The van der Waals surface area contributed by atoms with Gasteiger partial charge in [0.2, 0.25) is 0 Å². The molecule has 100 valence electrons. The van der Waals surface area contributed by atoms with Crippen LogP contribution in [0.3, 0.4) is 0 Å². The summed E-state index contributed by atoms with van der Waals surface area (Å²) in [7, 11) is 0. The Kier molecular flexibility index (Phi) is 4.30. The highest BCUT2D eigenvalue weighted by molar-refractivity contribution is 5.49. The first-order chi connectivity index (χ1) is 9.22. The van der Waals surface area contributed by atoms with Gasteiger partial charge in [-0.15, -0.1) is 0 Å². The standard InChI is InChI=1S/C14H19N5/c1-3-19(10-12-7-5-4-6-8-12)14-9-13(18-15)16-11(2)17-14/h4-9H,3,10,15H2,1-2H3,(H,16,17,18). The van der Waals surface area contributed by atoms with E-state index in [4.69, 9.17) is 5.84 Å². The van der Waals surface area contributed by atoms with Gasteiger partial charge in [-0.2, -0.15) is 0 Å². The molecule has 0 spiro atoms. The first-order valence-corrected chi connectivity index (χ1v) is 6.34. The van der Waals surface area contributed by atoms with E-state index in [1.807, 2.05) is 31.2 Å². The van der Waals surface area contributed by atoms with Crippen LogP contribution in [0.5, 0.6) is 0 Å². The third-order valence-electron chi connectivity index (χ3n) is 2.89. The minimum Gasteiger partial charge on any atom is -0.352 e. The number of aromatic nitrogens is 2. The van der Waals surface area contributed by atoms with Gasteiger partial charge in [-0.1, -0.05) is 30.3 Å². The van der Waals surface area contributed by atoms with Crippen LogP contribution in [0.4, 0.5) is 11.6 Å². The SMILES string of the molecule is CCN(Cc1ccccc1)c1cc(NN)nc(C)n1. The highest BCUT2D eigenvalue weighted by atomic mass is 15.3. The summed E-state index contributed by atoms with van der Waals surface area (Å²) >= 11 is 0. The van der Waals surface area contributed by atoms with Crippen molar-refractivity contribution in [3.8, 4) is 0 Å². The smallest absolute Gasteiger partial charge is 0.145 e. The summed E-state index contributed by atoms with van der Waals surface area (Å²) in [4.78, 5) is 10.9. The first kappa shape index (κ1) is 13.3. The Morgan fingerprint density at radius 1 is 1.21 bits per heavy atom. The fourth-order valence-corrected chi connectivity index (χ4v) is 1.95. The summed E-state index contributed by atoms with van der Waals surface area (Å²) in [5.74, 6) is 7.64. The minimum absolute atomic E-state index is 0.633. The predicted octanol–water partition coefficient (Wildman–Crippen LogP) is 2.10. The number of nitrogens with zero attached hydrogens (tertiary/aromatic N) is 3. The lowest BCUT2D eigenvalue weighted by atomic mass is 10.2. The lowest BCUT2D eigenvalue weighted by Crippen LogP contribution is -2.24. The molecule has 19 heavy (non-hydrogen) atoms. The van der Waals surface area contributed by atoms with Crippen LogP contribution in [0.25, 0.3) is 0 Å². The molecule has 0 bridgehead atoms. The van der Waals surface area contributed by atoms with Crippen LogP contribution >= 0.6 is 0 Å². The number of aryl methyl sites for hydroxylation is 1. The van der Waals surface area contributed by atoms with Crippen LogP contribution in [-0.4, -0.2) is 16.5 Å². The molecule has 0 aliphatic heterocycles. The fraction of sp³-hybridized carbons (Fsp3) is 0.286. The average Bonchev–Trinajstić information content (AvgIpc) is 2.45. The molecule has 3 N–H and O–H groups in total. The van der Waals surface area contributed by atoms with Gasteiger partial charge in [-0.05, 0) is 19.4 Å². The van der Waals surface area contributed by atoms with Gasteiger partial charge in [0.05, 0.1) is 0 Å². The van der Waals surface area contributed by atoms with E-state index in [-0.39, 0.29) is 0 Å². The Hall–Kier alpha value is -2.14. The monoisotopic (exact) mass is 257 g/mol. The van der Waals surface area contributed by atoms with Gasteiger partial charge in [-0.25, -0.2) is 15.8 Å². The maximum absolute atomic E-state index is 5.42. The van der Waals surface area contributed by atoms with Crippen molar-refractivity contribution >= 4 is 11.6 Å². The number of anilines is 2. The third-order valence-corrected chi connectivity index (χ3v) is 2.89. The number of hydrogen-bond donors (Lipinski definition) is 2. The van der Waals surface area contributed by atoms with E-state index in [1.54, 1.807) is 0 Å². The van der Waals surface area contributed by atoms with Crippen molar-refractivity contribution < 1.29 is 0 Å². The number of benzene rings is 1. The highest BCUT2D eigenvalue weighted by Crippen LogP contribution is 2.17. The average molecular weight is 257 g/mol. The number of nitrogen functional groups attached to an aromatic ring is 1. The van der Waals surface area contributed by atoms with Crippen LogP contribution in [0.1, 0.15) is 18.3 Å². The normalized spacial score (nSPS) is 10.3. The van der Waals surface area contributed by atoms with Gasteiger partial charge >= 0.3 is 0 Å². The summed E-state index contributed by atoms with van der Waals surface area (Å²) in [6, 6.07) is 12.2. The first-order valence-electron chi connectivity index (χ1n) is 6.34. The third kappa shape index (κ3) is 3.42. The molecule has 0 aliphatic rings. The second kappa shape index (κ2) is 6.15. The molecule has 1 aromatic carbocycles. The van der Waals surface area contributed by atoms with Crippen molar-refractivity contribution in [2.75, 3.05) is 16.9 Å². The Bertz CT molecular complexity index is 527. The van der Waals surface area contributed by atoms with Crippen molar-refractivity contribution in [2.24, 2.45) is 5.84 Å². The molecule has 5 nitrogen and oxygen atoms in total. The number of nitrogens with two attached hydrogens (primary N) is 1. The zero-order valence-corrected chi connectivity index (χ0v) is 11.3. The van der Waals surface area contributed by atoms with Crippen molar-refractivity contribution in [3.05, 3.63) is 47.8 Å². The van der Waals surface area contributed by atoms with Gasteiger partial charge in [-0.3, -0.25) is 0 Å². The van der Waals surface area contributed by atoms with Gasteiger partial charge in [0.25, 0.3) is 0 Å². The van der Waals surface area contributed by atoms with Crippen LogP contribution < -0.4 is 16.2 Å². The molecule has 0 fully saturated rings. The molecule has 1 aromatic heterocycles. The van der Waals surface area contributed by atoms with Crippen molar-refractivity contribution in [1.29, 1.82) is 0 Å². The van der Waals surface area contributed by atoms with Crippen molar-refractivity contribution in [2.45, 2.75) is 20.4 Å². The number of nitrogens with one attached hydrogen (secondary N) is 1. The van der Waals surface area contributed by atoms with E-state index >= 15 is 0 Å². The lowest BCUT2D eigenvalue weighted by Gasteiger charge is -2.22. The Labute approximate surface area is 113 Å². The molecule has 0 unspecified atom stereocenters. The second-order valence-electron chi connectivity index (χ2n) is 4.30. The summed E-state index contributed by atoms with van der Waals surface area (Å²) in [5.41, 5.74) is 3.83. The summed E-state index contributed by atoms with van der Waals surface area (Å²) in [5, 5.41) is 0. The van der Waals surface area contributed by atoms with Crippen LogP contribution in [0.2, 0.25) is 0 Å². The Morgan fingerprint density at radius 2 is 1.95 bits per heavy atom. The maximum atomic E-state index is 5.42. The van der Waals surface area contributed by atoms with E-state index in [2.05, 4.69) is 39.4 Å². The largest absolute Gasteiger partial charge is 0.352 e. The highest BCUT2D eigenvalue weighted by Gasteiger charge is 2.09. The molecule has 0 saturated heterocycles. The molecule has 0 amide bonds. The molecule has 0 radical (unpaired) electrons. The molecule has 0 saturated carbocycles. The summed E-state index contributed by atoms with van der Waals surface area (Å²) in [6.45, 7) is 5.66. The molecular formula is C14H19N5. The predicted molar refractivity (Wildman–Crippen MR) is 77.7 cm³/mol. The van der Waals surface area contributed by atoms with Crippen LogP contribution in [0.15, 0.2) is 36.4 Å². The molecular weight excluding hydrogens is 238 g/mol. The molecule has 2 rings (SSSR count). The van der Waals surface area contributed by atoms with Crippen LogP contribution in [0, 0.1) is 6.92 Å². The minimum atomic E-state index is 0.633. The van der Waals surface area contributed by atoms with Gasteiger partial charge in [0, 0.05) is 19.2 Å². The molecule has 5 heteroatoms. The quantitative estimate of drug-likeness (QED) is 0.634. The fourth-order valence-electron chi connectivity index (χ4n) is 1.95. The Balaban J connectivity index is 2.24. The molecule has 0 aliphatic carbocycles. The van der Waals surface area contributed by atoms with Gasteiger partial charge in [0.1, 0.15) is 17.5 Å². The van der Waals surface area contributed by atoms with E-state index < -0.39 is 0 Å². The summed E-state index contributed by atoms with van der Waals surface area (Å²) in [6.07, 6.45) is 0. The van der Waals surface area contributed by atoms with E-state index in [0.717, 1.165) is 18.9 Å². The number of rotatable bonds is 5. The maximum Gasteiger partial charge on any atom is 0.145 e. The molecule has 2 aromatic rings. The molecule has 1 heterocycles. The Morgan fingerprint density at radius 3 is 2.58 bits per heavy atom. The van der Waals surface area contributed by atoms with Gasteiger partial charge in [0.15, 0.2) is 0 Å². The van der Waals surface area contributed by atoms with Crippen LogP contribution in [-0.2, 0) is 6.54 Å². The number of hydrazine groups is 1.